The molecule has 0 saturated heterocycles. The molecule has 0 saturated carbocycles. The lowest BCUT2D eigenvalue weighted by atomic mass is 10.1. The van der Waals surface area contributed by atoms with Gasteiger partial charge in [-0.1, -0.05) is 11.6 Å². The Bertz CT molecular complexity index is 104. The maximum Gasteiger partial charge on any atom is -0.0292 e. The van der Waals surface area contributed by atoms with Crippen LogP contribution in [0.1, 0.15) is 20.8 Å². The maximum atomic E-state index is 4.01. The molecule has 0 aliphatic carbocycles. The van der Waals surface area contributed by atoms with Crippen molar-refractivity contribution in [2.75, 3.05) is 0 Å². The number of hydrogen-bond acceptors (Lipinski definition) is 1. The Morgan fingerprint density at radius 3 is 1.88 bits per heavy atom. The van der Waals surface area contributed by atoms with Gasteiger partial charge in [-0.05, 0) is 31.8 Å². The Hall–Kier alpha value is -0.170. The molecule has 0 aromatic carbocycles. The fourth-order valence-electron chi connectivity index (χ4n) is 0.329. The van der Waals surface area contributed by atoms with Crippen molar-refractivity contribution in [1.29, 1.82) is 0 Å². The van der Waals surface area contributed by atoms with Gasteiger partial charge in [-0.25, -0.2) is 0 Å². The Morgan fingerprint density at radius 2 is 1.75 bits per heavy atom. The third kappa shape index (κ3) is 2.22. The highest BCUT2D eigenvalue weighted by atomic mass is 32.1. The summed E-state index contributed by atoms with van der Waals surface area (Å²) in [6.45, 7) is 6.14. The SMILES string of the molecule is C/C=C(C)\C(C)=C/S. The van der Waals surface area contributed by atoms with Crippen molar-refractivity contribution in [2.24, 2.45) is 0 Å². The highest BCUT2D eigenvalue weighted by Gasteiger charge is 1.85. The molecule has 0 N–H and O–H groups in total. The molecular formula is C7H12S. The fourth-order valence-corrected chi connectivity index (χ4v) is 0.533. The van der Waals surface area contributed by atoms with Crippen molar-refractivity contribution >= 4 is 12.6 Å². The second-order valence-electron chi connectivity index (χ2n) is 1.78. The van der Waals surface area contributed by atoms with Crippen molar-refractivity contribution in [1.82, 2.24) is 0 Å². The Kier molecular flexibility index (Phi) is 3.71. The van der Waals surface area contributed by atoms with E-state index in [4.69, 9.17) is 0 Å². The summed E-state index contributed by atoms with van der Waals surface area (Å²) in [5.74, 6) is 0. The van der Waals surface area contributed by atoms with Crippen molar-refractivity contribution in [3.05, 3.63) is 22.6 Å². The van der Waals surface area contributed by atoms with Crippen LogP contribution in [-0.4, -0.2) is 0 Å². The van der Waals surface area contributed by atoms with E-state index in [0.29, 0.717) is 0 Å². The third-order valence-corrected chi connectivity index (χ3v) is 1.64. The van der Waals surface area contributed by atoms with Crippen LogP contribution in [0.2, 0.25) is 0 Å². The zero-order valence-corrected chi connectivity index (χ0v) is 6.50. The van der Waals surface area contributed by atoms with E-state index in [2.05, 4.69) is 25.6 Å². The van der Waals surface area contributed by atoms with Crippen LogP contribution in [0.5, 0.6) is 0 Å². The smallest absolute Gasteiger partial charge is 0.0292 e. The molecular weight excluding hydrogens is 116 g/mol. The summed E-state index contributed by atoms with van der Waals surface area (Å²) >= 11 is 4.01. The van der Waals surface area contributed by atoms with E-state index < -0.39 is 0 Å². The topological polar surface area (TPSA) is 0 Å². The monoisotopic (exact) mass is 128 g/mol. The summed E-state index contributed by atoms with van der Waals surface area (Å²) in [4.78, 5) is 0. The van der Waals surface area contributed by atoms with Gasteiger partial charge in [-0.15, -0.1) is 0 Å². The normalized spacial score (nSPS) is 14.5. The second-order valence-corrected chi connectivity index (χ2v) is 2.04. The van der Waals surface area contributed by atoms with Gasteiger partial charge in [0.1, 0.15) is 0 Å². The fraction of sp³-hybridized carbons (Fsp3) is 0.429. The molecule has 0 amide bonds. The van der Waals surface area contributed by atoms with Crippen LogP contribution in [-0.2, 0) is 0 Å². The molecule has 46 valence electrons. The highest BCUT2D eigenvalue weighted by Crippen LogP contribution is 2.07. The molecule has 0 aromatic heterocycles. The standard InChI is InChI=1S/C7H12S/c1-4-6(2)7(3)5-8/h4-5,8H,1-3H3/b6-4-,7-5-. The lowest BCUT2D eigenvalue weighted by Crippen LogP contribution is -1.73. The third-order valence-electron chi connectivity index (χ3n) is 1.25. The van der Waals surface area contributed by atoms with Gasteiger partial charge in [0.25, 0.3) is 0 Å². The van der Waals surface area contributed by atoms with E-state index >= 15 is 0 Å². The van der Waals surface area contributed by atoms with E-state index in [1.165, 1.54) is 11.1 Å². The van der Waals surface area contributed by atoms with Crippen LogP contribution in [0.4, 0.5) is 0 Å². The predicted molar refractivity (Wildman–Crippen MR) is 42.2 cm³/mol. The number of thiol groups is 1. The summed E-state index contributed by atoms with van der Waals surface area (Å²) in [7, 11) is 0. The zero-order valence-electron chi connectivity index (χ0n) is 5.60. The average Bonchev–Trinajstić information content (AvgIpc) is 1.84. The van der Waals surface area contributed by atoms with E-state index in [9.17, 15) is 0 Å². The summed E-state index contributed by atoms with van der Waals surface area (Å²) < 4.78 is 0. The summed E-state index contributed by atoms with van der Waals surface area (Å²) in [5.41, 5.74) is 2.52. The molecule has 0 aliphatic heterocycles. The van der Waals surface area contributed by atoms with Gasteiger partial charge in [0.15, 0.2) is 0 Å². The number of rotatable bonds is 1. The van der Waals surface area contributed by atoms with Crippen molar-refractivity contribution < 1.29 is 0 Å². The molecule has 0 nitrogen and oxygen atoms in total. The van der Waals surface area contributed by atoms with E-state index in [1.54, 1.807) is 0 Å². The highest BCUT2D eigenvalue weighted by molar-refractivity contribution is 7.83. The molecule has 0 atom stereocenters. The lowest BCUT2D eigenvalue weighted by Gasteiger charge is -1.94. The van der Waals surface area contributed by atoms with Gasteiger partial charge in [0, 0.05) is 0 Å². The van der Waals surface area contributed by atoms with E-state index in [-0.39, 0.29) is 0 Å². The Morgan fingerprint density at radius 1 is 1.25 bits per heavy atom. The van der Waals surface area contributed by atoms with Crippen molar-refractivity contribution in [3.63, 3.8) is 0 Å². The van der Waals surface area contributed by atoms with Gasteiger partial charge in [-0.2, -0.15) is 12.6 Å². The van der Waals surface area contributed by atoms with Gasteiger partial charge in [0.05, 0.1) is 0 Å². The molecule has 0 radical (unpaired) electrons. The van der Waals surface area contributed by atoms with Crippen LogP contribution < -0.4 is 0 Å². The molecule has 0 rings (SSSR count). The average molecular weight is 128 g/mol. The molecule has 0 heterocycles. The molecule has 0 unspecified atom stereocenters. The first-order valence-corrected chi connectivity index (χ1v) is 3.18. The molecule has 0 aliphatic rings. The van der Waals surface area contributed by atoms with Crippen molar-refractivity contribution in [2.45, 2.75) is 20.8 Å². The van der Waals surface area contributed by atoms with Crippen molar-refractivity contribution in [3.8, 4) is 0 Å². The van der Waals surface area contributed by atoms with Gasteiger partial charge in [0.2, 0.25) is 0 Å². The first-order valence-electron chi connectivity index (χ1n) is 2.66. The molecule has 0 fully saturated rings. The minimum atomic E-state index is 1.23. The minimum absolute atomic E-state index is 1.23. The summed E-state index contributed by atoms with van der Waals surface area (Å²) in [5, 5.41) is 1.81. The van der Waals surface area contributed by atoms with Crippen LogP contribution in [0, 0.1) is 0 Å². The second kappa shape index (κ2) is 3.79. The Balaban J connectivity index is 4.04. The number of allylic oxidation sites excluding steroid dienone is 3. The van der Waals surface area contributed by atoms with E-state index in [1.807, 2.05) is 19.3 Å². The summed E-state index contributed by atoms with van der Waals surface area (Å²) in [6.07, 6.45) is 2.07. The van der Waals surface area contributed by atoms with Crippen LogP contribution >= 0.6 is 12.6 Å². The largest absolute Gasteiger partial charge is 0.151 e. The van der Waals surface area contributed by atoms with Gasteiger partial charge >= 0.3 is 0 Å². The number of hydrogen-bond donors (Lipinski definition) is 1. The lowest BCUT2D eigenvalue weighted by molar-refractivity contribution is 1.34. The molecule has 1 heteroatoms. The first-order chi connectivity index (χ1) is 3.72. The molecule has 0 spiro atoms. The predicted octanol–water partition coefficient (Wildman–Crippen LogP) is 2.79. The quantitative estimate of drug-likeness (QED) is 0.407. The molecule has 0 bridgehead atoms. The van der Waals surface area contributed by atoms with E-state index in [0.717, 1.165) is 0 Å². The van der Waals surface area contributed by atoms with Crippen LogP contribution in [0.25, 0.3) is 0 Å². The Labute approximate surface area is 56.7 Å². The van der Waals surface area contributed by atoms with Gasteiger partial charge < -0.3 is 0 Å². The molecule has 8 heavy (non-hydrogen) atoms. The first kappa shape index (κ1) is 7.83. The maximum absolute atomic E-state index is 4.01. The molecule has 0 aromatic rings. The zero-order chi connectivity index (χ0) is 6.57. The summed E-state index contributed by atoms with van der Waals surface area (Å²) in [6, 6.07) is 0. The van der Waals surface area contributed by atoms with Gasteiger partial charge in [-0.3, -0.25) is 0 Å². The minimum Gasteiger partial charge on any atom is -0.151 e. The van der Waals surface area contributed by atoms with Crippen LogP contribution in [0.3, 0.4) is 0 Å². The van der Waals surface area contributed by atoms with Crippen LogP contribution in [0.15, 0.2) is 22.6 Å².